The molecule has 1 fully saturated rings. The molecule has 1 aliphatic rings. The monoisotopic (exact) mass is 262 g/mol. The van der Waals surface area contributed by atoms with Crippen molar-refractivity contribution in [2.75, 3.05) is 11.5 Å². The van der Waals surface area contributed by atoms with Gasteiger partial charge >= 0.3 is 0 Å². The van der Waals surface area contributed by atoms with E-state index in [0.29, 0.717) is 22.5 Å². The molecule has 3 rings (SSSR count). The average Bonchev–Trinajstić information content (AvgIpc) is 2.90. The summed E-state index contributed by atoms with van der Waals surface area (Å²) in [5, 5.41) is 4.40. The third-order valence-electron chi connectivity index (χ3n) is 2.95. The number of nitrogens with two attached hydrogens (primary N) is 1. The second kappa shape index (κ2) is 4.97. The van der Waals surface area contributed by atoms with Crippen LogP contribution in [0.25, 0.3) is 11.6 Å². The molecule has 1 aliphatic heterocycles. The van der Waals surface area contributed by atoms with Gasteiger partial charge in [-0.25, -0.2) is 4.98 Å². The Balaban J connectivity index is 1.87. The molecule has 2 N–H and O–H groups in total. The van der Waals surface area contributed by atoms with Gasteiger partial charge in [-0.2, -0.15) is 16.7 Å². The van der Waals surface area contributed by atoms with Crippen LogP contribution in [0.4, 0.5) is 5.69 Å². The number of aromatic nitrogens is 3. The van der Waals surface area contributed by atoms with E-state index in [1.54, 1.807) is 18.3 Å². The number of nitrogen functional groups attached to an aromatic ring is 1. The predicted octanol–water partition coefficient (Wildman–Crippen LogP) is 2.67. The van der Waals surface area contributed by atoms with Gasteiger partial charge in [0.2, 0.25) is 0 Å². The number of nitrogens with zero attached hydrogens (tertiary/aromatic N) is 3. The van der Waals surface area contributed by atoms with Crippen LogP contribution in [0, 0.1) is 0 Å². The molecule has 0 bridgehead atoms. The van der Waals surface area contributed by atoms with E-state index in [2.05, 4.69) is 15.1 Å². The van der Waals surface area contributed by atoms with E-state index in [4.69, 9.17) is 10.3 Å². The molecule has 18 heavy (non-hydrogen) atoms. The SMILES string of the molecule is Nc1cccnc1-c1nc(C2CCCCS2)no1. The first-order chi connectivity index (χ1) is 8.84. The molecule has 94 valence electrons. The Morgan fingerprint density at radius 3 is 3.11 bits per heavy atom. The Labute approximate surface area is 109 Å². The molecule has 0 amide bonds. The maximum Gasteiger partial charge on any atom is 0.278 e. The van der Waals surface area contributed by atoms with Crippen LogP contribution in [0.1, 0.15) is 30.3 Å². The lowest BCUT2D eigenvalue weighted by Crippen LogP contribution is -2.03. The summed E-state index contributed by atoms with van der Waals surface area (Å²) in [5.74, 6) is 2.34. The van der Waals surface area contributed by atoms with Crippen molar-refractivity contribution < 1.29 is 4.52 Å². The second-order valence-corrected chi connectivity index (χ2v) is 5.56. The molecule has 1 unspecified atom stereocenters. The predicted molar refractivity (Wildman–Crippen MR) is 71.0 cm³/mol. The van der Waals surface area contributed by atoms with Crippen molar-refractivity contribution >= 4 is 17.4 Å². The summed E-state index contributed by atoms with van der Waals surface area (Å²) in [6.45, 7) is 0. The molecule has 5 nitrogen and oxygen atoms in total. The molecule has 1 atom stereocenters. The highest BCUT2D eigenvalue weighted by atomic mass is 32.2. The normalized spacial score (nSPS) is 19.9. The van der Waals surface area contributed by atoms with Gasteiger partial charge in [0.1, 0.15) is 0 Å². The minimum Gasteiger partial charge on any atom is -0.397 e. The average molecular weight is 262 g/mol. The van der Waals surface area contributed by atoms with Crippen molar-refractivity contribution in [3.8, 4) is 11.6 Å². The van der Waals surface area contributed by atoms with Gasteiger partial charge in [-0.1, -0.05) is 11.6 Å². The van der Waals surface area contributed by atoms with Gasteiger partial charge in [0.05, 0.1) is 10.9 Å². The van der Waals surface area contributed by atoms with Gasteiger partial charge in [0, 0.05) is 6.20 Å². The van der Waals surface area contributed by atoms with Gasteiger partial charge in [-0.15, -0.1) is 0 Å². The lowest BCUT2D eigenvalue weighted by Gasteiger charge is -2.17. The van der Waals surface area contributed by atoms with E-state index in [9.17, 15) is 0 Å². The fourth-order valence-electron chi connectivity index (χ4n) is 2.00. The molecule has 3 heterocycles. The highest BCUT2D eigenvalue weighted by Crippen LogP contribution is 2.37. The Bertz CT molecular complexity index is 536. The third kappa shape index (κ3) is 2.20. The Morgan fingerprint density at radius 2 is 2.33 bits per heavy atom. The summed E-state index contributed by atoms with van der Waals surface area (Å²) in [4.78, 5) is 8.60. The smallest absolute Gasteiger partial charge is 0.278 e. The molecule has 2 aromatic rings. The van der Waals surface area contributed by atoms with Gasteiger partial charge in [-0.05, 0) is 30.7 Å². The van der Waals surface area contributed by atoms with Gasteiger partial charge in [0.25, 0.3) is 5.89 Å². The zero-order valence-corrected chi connectivity index (χ0v) is 10.7. The maximum absolute atomic E-state index is 5.84. The first kappa shape index (κ1) is 11.5. The van der Waals surface area contributed by atoms with E-state index >= 15 is 0 Å². The molecule has 0 saturated carbocycles. The summed E-state index contributed by atoms with van der Waals surface area (Å²) >= 11 is 1.89. The number of hydrogen-bond donors (Lipinski definition) is 1. The number of anilines is 1. The van der Waals surface area contributed by atoms with E-state index in [0.717, 1.165) is 12.2 Å². The summed E-state index contributed by atoms with van der Waals surface area (Å²) in [6, 6.07) is 3.56. The quantitative estimate of drug-likeness (QED) is 0.896. The Kier molecular flexibility index (Phi) is 3.19. The fraction of sp³-hybridized carbons (Fsp3) is 0.417. The summed E-state index contributed by atoms with van der Waals surface area (Å²) in [6.07, 6.45) is 5.29. The van der Waals surface area contributed by atoms with E-state index in [1.165, 1.54) is 18.6 Å². The highest BCUT2D eigenvalue weighted by Gasteiger charge is 2.22. The molecule has 0 aliphatic carbocycles. The van der Waals surface area contributed by atoms with Crippen LogP contribution >= 0.6 is 11.8 Å². The number of pyridine rings is 1. The van der Waals surface area contributed by atoms with Crippen molar-refractivity contribution in [2.24, 2.45) is 0 Å². The summed E-state index contributed by atoms with van der Waals surface area (Å²) in [7, 11) is 0. The van der Waals surface area contributed by atoms with Crippen molar-refractivity contribution in [3.05, 3.63) is 24.2 Å². The van der Waals surface area contributed by atoms with Crippen molar-refractivity contribution in [1.29, 1.82) is 0 Å². The molecule has 0 radical (unpaired) electrons. The lowest BCUT2D eigenvalue weighted by atomic mass is 10.2. The molecule has 0 aromatic carbocycles. The number of hydrogen-bond acceptors (Lipinski definition) is 6. The largest absolute Gasteiger partial charge is 0.397 e. The summed E-state index contributed by atoms with van der Waals surface area (Å²) < 4.78 is 5.27. The van der Waals surface area contributed by atoms with Crippen molar-refractivity contribution in [1.82, 2.24) is 15.1 Å². The van der Waals surface area contributed by atoms with Crippen LogP contribution < -0.4 is 5.73 Å². The minimum absolute atomic E-state index is 0.348. The molecule has 1 saturated heterocycles. The van der Waals surface area contributed by atoms with E-state index in [-0.39, 0.29) is 0 Å². The molecule has 0 spiro atoms. The Hall–Kier alpha value is -1.56. The first-order valence-corrected chi connectivity index (χ1v) is 7.05. The van der Waals surface area contributed by atoms with Crippen LogP contribution in [0.2, 0.25) is 0 Å². The molecular weight excluding hydrogens is 248 g/mol. The van der Waals surface area contributed by atoms with Gasteiger partial charge < -0.3 is 10.3 Å². The topological polar surface area (TPSA) is 77.8 Å². The molecular formula is C12H14N4OS. The molecule has 2 aromatic heterocycles. The van der Waals surface area contributed by atoms with Crippen LogP contribution in [0.3, 0.4) is 0 Å². The summed E-state index contributed by atoms with van der Waals surface area (Å²) in [5.41, 5.74) is 6.97. The minimum atomic E-state index is 0.348. The first-order valence-electron chi connectivity index (χ1n) is 6.00. The zero-order valence-electron chi connectivity index (χ0n) is 9.87. The third-order valence-corrected chi connectivity index (χ3v) is 4.32. The van der Waals surface area contributed by atoms with Crippen LogP contribution in [-0.2, 0) is 0 Å². The Morgan fingerprint density at radius 1 is 1.39 bits per heavy atom. The van der Waals surface area contributed by atoms with E-state index in [1.807, 2.05) is 11.8 Å². The van der Waals surface area contributed by atoms with Crippen LogP contribution in [-0.4, -0.2) is 20.9 Å². The van der Waals surface area contributed by atoms with Crippen molar-refractivity contribution in [2.45, 2.75) is 24.5 Å². The second-order valence-electron chi connectivity index (χ2n) is 4.25. The van der Waals surface area contributed by atoms with Crippen molar-refractivity contribution in [3.63, 3.8) is 0 Å². The fourth-order valence-corrected chi connectivity index (χ4v) is 3.24. The lowest BCUT2D eigenvalue weighted by molar-refractivity contribution is 0.419. The highest BCUT2D eigenvalue weighted by molar-refractivity contribution is 7.99. The van der Waals surface area contributed by atoms with Crippen LogP contribution in [0.5, 0.6) is 0 Å². The van der Waals surface area contributed by atoms with E-state index < -0.39 is 0 Å². The van der Waals surface area contributed by atoms with Crippen LogP contribution in [0.15, 0.2) is 22.9 Å². The maximum atomic E-state index is 5.84. The standard InChI is InChI=1S/C12H14N4OS/c13-8-4-3-6-14-10(8)12-15-11(16-17-12)9-5-1-2-7-18-9/h3-4,6,9H,1-2,5,7,13H2. The zero-order chi connectivity index (χ0) is 12.4. The number of thioether (sulfide) groups is 1. The van der Waals surface area contributed by atoms with Gasteiger partial charge in [-0.3, -0.25) is 0 Å². The number of rotatable bonds is 2. The van der Waals surface area contributed by atoms with Gasteiger partial charge in [0.15, 0.2) is 11.5 Å². The molecule has 6 heteroatoms.